The molecular formula is C13H17NO3. The molecule has 1 aromatic carbocycles. The van der Waals surface area contributed by atoms with Crippen molar-refractivity contribution in [2.45, 2.75) is 19.3 Å². The Kier molecular flexibility index (Phi) is 2.59. The van der Waals surface area contributed by atoms with Gasteiger partial charge in [-0.15, -0.1) is 0 Å². The molecule has 2 aliphatic heterocycles. The first-order valence-electron chi connectivity index (χ1n) is 6.12. The zero-order chi connectivity index (χ0) is 11.8. The highest BCUT2D eigenvalue weighted by atomic mass is 16.5. The molecule has 1 aromatic rings. The van der Waals surface area contributed by atoms with Gasteiger partial charge in [0.05, 0.1) is 13.2 Å². The van der Waals surface area contributed by atoms with E-state index in [2.05, 4.69) is 5.32 Å². The highest BCUT2D eigenvalue weighted by Gasteiger charge is 2.30. The van der Waals surface area contributed by atoms with Crippen molar-refractivity contribution in [3.8, 4) is 17.2 Å². The molecular weight excluding hydrogens is 218 g/mol. The molecule has 4 nitrogen and oxygen atoms in total. The standard InChI is InChI=1S/C13H17NO3/c1-14-5-2-8-9-3-6-17-13(9)11(15)10-4-7-16-12(8)10/h14-15H,2-7H2,1H3. The van der Waals surface area contributed by atoms with E-state index in [1.807, 2.05) is 7.05 Å². The summed E-state index contributed by atoms with van der Waals surface area (Å²) in [6.45, 7) is 2.24. The van der Waals surface area contributed by atoms with Crippen LogP contribution in [-0.4, -0.2) is 31.9 Å². The Morgan fingerprint density at radius 2 is 1.82 bits per heavy atom. The molecule has 4 heteroatoms. The van der Waals surface area contributed by atoms with Crippen molar-refractivity contribution >= 4 is 0 Å². The third-order valence-corrected chi connectivity index (χ3v) is 3.51. The normalized spacial score (nSPS) is 16.3. The predicted octanol–water partition coefficient (Wildman–Crippen LogP) is 1.02. The lowest BCUT2D eigenvalue weighted by molar-refractivity contribution is 0.333. The number of fused-ring (bicyclic) bond motifs is 2. The van der Waals surface area contributed by atoms with E-state index in [1.54, 1.807) is 0 Å². The molecule has 0 saturated heterocycles. The summed E-state index contributed by atoms with van der Waals surface area (Å²) in [7, 11) is 1.94. The maximum atomic E-state index is 10.2. The molecule has 0 aromatic heterocycles. The van der Waals surface area contributed by atoms with Crippen LogP contribution in [0.3, 0.4) is 0 Å². The molecule has 0 amide bonds. The Morgan fingerprint density at radius 3 is 2.59 bits per heavy atom. The molecule has 0 spiro atoms. The largest absolute Gasteiger partial charge is 0.504 e. The molecule has 3 rings (SSSR count). The summed E-state index contributed by atoms with van der Waals surface area (Å²) in [5, 5.41) is 13.3. The topological polar surface area (TPSA) is 50.7 Å². The summed E-state index contributed by atoms with van der Waals surface area (Å²) in [6.07, 6.45) is 2.58. The first kappa shape index (κ1) is 10.7. The Labute approximate surface area is 101 Å². The molecule has 0 atom stereocenters. The van der Waals surface area contributed by atoms with Crippen molar-refractivity contribution in [2.24, 2.45) is 0 Å². The summed E-state index contributed by atoms with van der Waals surface area (Å²) in [5.74, 6) is 1.90. The third-order valence-electron chi connectivity index (χ3n) is 3.51. The fourth-order valence-corrected chi connectivity index (χ4v) is 2.69. The average molecular weight is 235 g/mol. The van der Waals surface area contributed by atoms with Crippen LogP contribution in [0.25, 0.3) is 0 Å². The summed E-state index contributed by atoms with van der Waals surface area (Å²) in [5.41, 5.74) is 3.28. The van der Waals surface area contributed by atoms with Gasteiger partial charge < -0.3 is 19.9 Å². The Morgan fingerprint density at radius 1 is 1.12 bits per heavy atom. The molecule has 2 N–H and O–H groups in total. The van der Waals surface area contributed by atoms with Gasteiger partial charge in [-0.2, -0.15) is 0 Å². The number of rotatable bonds is 3. The molecule has 0 bridgehead atoms. The number of benzene rings is 1. The van der Waals surface area contributed by atoms with E-state index in [-0.39, 0.29) is 0 Å². The van der Waals surface area contributed by atoms with Gasteiger partial charge in [-0.25, -0.2) is 0 Å². The summed E-state index contributed by atoms with van der Waals surface area (Å²) in [6, 6.07) is 0. The predicted molar refractivity (Wildman–Crippen MR) is 64.1 cm³/mol. The summed E-state index contributed by atoms with van der Waals surface area (Å²) in [4.78, 5) is 0. The van der Waals surface area contributed by atoms with Gasteiger partial charge in [0.1, 0.15) is 5.75 Å². The fraction of sp³-hybridized carbons (Fsp3) is 0.538. The van der Waals surface area contributed by atoms with Gasteiger partial charge in [0.2, 0.25) is 0 Å². The SMILES string of the molecule is CNCCc1c2c(c(O)c3c1OCC3)OCC2. The molecule has 0 unspecified atom stereocenters. The van der Waals surface area contributed by atoms with Crippen LogP contribution in [0.1, 0.15) is 16.7 Å². The third kappa shape index (κ3) is 1.55. The number of aromatic hydroxyl groups is 1. The number of nitrogens with one attached hydrogen (secondary N) is 1. The maximum Gasteiger partial charge on any atom is 0.165 e. The van der Waals surface area contributed by atoms with Crippen LogP contribution in [0.4, 0.5) is 0 Å². The Balaban J connectivity index is 2.12. The van der Waals surface area contributed by atoms with Crippen molar-refractivity contribution in [3.05, 3.63) is 16.7 Å². The van der Waals surface area contributed by atoms with Crippen molar-refractivity contribution in [2.75, 3.05) is 26.8 Å². The lowest BCUT2D eigenvalue weighted by Gasteiger charge is -2.14. The number of hydrogen-bond acceptors (Lipinski definition) is 4. The van der Waals surface area contributed by atoms with E-state index in [1.165, 1.54) is 5.56 Å². The van der Waals surface area contributed by atoms with Crippen molar-refractivity contribution in [1.29, 1.82) is 0 Å². The fourth-order valence-electron chi connectivity index (χ4n) is 2.69. The monoisotopic (exact) mass is 235 g/mol. The zero-order valence-electron chi connectivity index (χ0n) is 10.0. The van der Waals surface area contributed by atoms with E-state index in [9.17, 15) is 5.11 Å². The Hall–Kier alpha value is -1.42. The maximum absolute atomic E-state index is 10.2. The zero-order valence-corrected chi connectivity index (χ0v) is 10.0. The van der Waals surface area contributed by atoms with Crippen molar-refractivity contribution in [3.63, 3.8) is 0 Å². The van der Waals surface area contributed by atoms with Crippen LogP contribution in [0, 0.1) is 0 Å². The highest BCUT2D eigenvalue weighted by molar-refractivity contribution is 5.65. The minimum atomic E-state index is 0.304. The van der Waals surface area contributed by atoms with Crippen LogP contribution in [0.15, 0.2) is 0 Å². The molecule has 0 saturated carbocycles. The number of phenols is 1. The molecule has 0 fully saturated rings. The van der Waals surface area contributed by atoms with Gasteiger partial charge in [0.15, 0.2) is 11.5 Å². The van der Waals surface area contributed by atoms with Gasteiger partial charge in [0, 0.05) is 29.5 Å². The second-order valence-electron chi connectivity index (χ2n) is 4.49. The first-order chi connectivity index (χ1) is 8.33. The van der Waals surface area contributed by atoms with E-state index >= 15 is 0 Å². The number of likely N-dealkylation sites (N-methyl/N-ethyl adjacent to an activating group) is 1. The molecule has 2 aliphatic rings. The minimum Gasteiger partial charge on any atom is -0.504 e. The van der Waals surface area contributed by atoms with E-state index in [0.717, 1.165) is 42.7 Å². The summed E-state index contributed by atoms with van der Waals surface area (Å²) >= 11 is 0. The Bertz CT molecular complexity index is 421. The van der Waals surface area contributed by atoms with Gasteiger partial charge in [0.25, 0.3) is 0 Å². The first-order valence-corrected chi connectivity index (χ1v) is 6.12. The molecule has 0 radical (unpaired) electrons. The van der Waals surface area contributed by atoms with Crippen LogP contribution in [0.2, 0.25) is 0 Å². The number of phenolic OH excluding ortho intramolecular Hbond substituents is 1. The van der Waals surface area contributed by atoms with E-state index in [0.29, 0.717) is 24.7 Å². The minimum absolute atomic E-state index is 0.304. The molecule has 17 heavy (non-hydrogen) atoms. The quantitative estimate of drug-likeness (QED) is 0.821. The second-order valence-corrected chi connectivity index (χ2v) is 4.49. The van der Waals surface area contributed by atoms with Crippen LogP contribution in [-0.2, 0) is 19.3 Å². The molecule has 2 heterocycles. The lowest BCUT2D eigenvalue weighted by atomic mass is 9.96. The van der Waals surface area contributed by atoms with Gasteiger partial charge in [-0.05, 0) is 20.0 Å². The molecule has 92 valence electrons. The van der Waals surface area contributed by atoms with Crippen LogP contribution in [0.5, 0.6) is 17.2 Å². The van der Waals surface area contributed by atoms with Gasteiger partial charge in [-0.1, -0.05) is 0 Å². The highest BCUT2D eigenvalue weighted by Crippen LogP contribution is 2.48. The van der Waals surface area contributed by atoms with E-state index < -0.39 is 0 Å². The smallest absolute Gasteiger partial charge is 0.165 e. The van der Waals surface area contributed by atoms with Crippen molar-refractivity contribution < 1.29 is 14.6 Å². The van der Waals surface area contributed by atoms with Crippen LogP contribution >= 0.6 is 0 Å². The molecule has 0 aliphatic carbocycles. The van der Waals surface area contributed by atoms with Crippen molar-refractivity contribution in [1.82, 2.24) is 5.32 Å². The number of ether oxygens (including phenoxy) is 2. The van der Waals surface area contributed by atoms with Gasteiger partial charge in [-0.3, -0.25) is 0 Å². The summed E-state index contributed by atoms with van der Waals surface area (Å²) < 4.78 is 11.2. The lowest BCUT2D eigenvalue weighted by Crippen LogP contribution is -2.12. The number of hydrogen-bond donors (Lipinski definition) is 2. The second kappa shape index (κ2) is 4.11. The van der Waals surface area contributed by atoms with Crippen LogP contribution < -0.4 is 14.8 Å². The average Bonchev–Trinajstić information content (AvgIpc) is 2.97. The van der Waals surface area contributed by atoms with Gasteiger partial charge >= 0.3 is 0 Å². The van der Waals surface area contributed by atoms with E-state index in [4.69, 9.17) is 9.47 Å².